The summed E-state index contributed by atoms with van der Waals surface area (Å²) in [6.07, 6.45) is -0.158. The van der Waals surface area contributed by atoms with Gasteiger partial charge in [-0.1, -0.05) is 30.3 Å². The van der Waals surface area contributed by atoms with Crippen molar-refractivity contribution in [3.63, 3.8) is 0 Å². The molecular weight excluding hydrogens is 298 g/mol. The van der Waals surface area contributed by atoms with E-state index in [0.717, 1.165) is 29.7 Å². The minimum Gasteiger partial charge on any atom is -0.377 e. The highest BCUT2D eigenvalue weighted by Crippen LogP contribution is 2.48. The van der Waals surface area contributed by atoms with Crippen molar-refractivity contribution in [1.82, 2.24) is 0 Å². The number of amides is 1. The Morgan fingerprint density at radius 3 is 2.61 bits per heavy atom. The Hall–Kier alpha value is -2.43. The maximum atomic E-state index is 13.0. The van der Waals surface area contributed by atoms with E-state index in [0.29, 0.717) is 12.1 Å². The van der Waals surface area contributed by atoms with Crippen LogP contribution in [-0.4, -0.2) is 11.4 Å². The number of rotatable bonds is 2. The third-order valence-electron chi connectivity index (χ3n) is 4.53. The lowest BCUT2D eigenvalue weighted by Gasteiger charge is -2.19. The summed E-state index contributed by atoms with van der Waals surface area (Å²) in [6, 6.07) is 11.9. The van der Waals surface area contributed by atoms with Gasteiger partial charge in [-0.15, -0.1) is 0 Å². The number of hydrogen-bond donors (Lipinski definition) is 2. The first kappa shape index (κ1) is 14.2. The molecule has 23 heavy (non-hydrogen) atoms. The number of hydrogen-bond acceptors (Lipinski definition) is 2. The molecule has 1 fully saturated rings. The molecule has 0 aromatic heterocycles. The Morgan fingerprint density at radius 2 is 1.87 bits per heavy atom. The summed E-state index contributed by atoms with van der Waals surface area (Å²) in [4.78, 5) is 12.0. The van der Waals surface area contributed by atoms with Crippen LogP contribution in [0.4, 0.5) is 20.2 Å². The van der Waals surface area contributed by atoms with Crippen molar-refractivity contribution < 1.29 is 13.6 Å². The molecule has 0 atom stereocenters. The molecule has 0 radical (unpaired) electrons. The van der Waals surface area contributed by atoms with Crippen LogP contribution in [0.1, 0.15) is 31.3 Å². The molecular formula is C18H16F2N2O. The molecule has 1 spiro atoms. The maximum Gasteiger partial charge on any atom is 0.263 e. The average Bonchev–Trinajstić information content (AvgIpc) is 3.30. The van der Waals surface area contributed by atoms with E-state index in [1.807, 2.05) is 24.3 Å². The summed E-state index contributed by atoms with van der Waals surface area (Å²) in [5.74, 6) is -0.00719. The van der Waals surface area contributed by atoms with E-state index in [-0.39, 0.29) is 17.0 Å². The second-order valence-corrected chi connectivity index (χ2v) is 6.28. The Labute approximate surface area is 132 Å². The van der Waals surface area contributed by atoms with Gasteiger partial charge in [-0.25, -0.2) is 8.78 Å². The van der Waals surface area contributed by atoms with Gasteiger partial charge in [0, 0.05) is 23.1 Å². The summed E-state index contributed by atoms with van der Waals surface area (Å²) in [5, 5.41) is 6.40. The van der Waals surface area contributed by atoms with E-state index < -0.39 is 6.43 Å². The van der Waals surface area contributed by atoms with Gasteiger partial charge in [0.2, 0.25) is 5.91 Å². The van der Waals surface area contributed by atoms with Crippen LogP contribution in [-0.2, 0) is 4.79 Å². The zero-order valence-corrected chi connectivity index (χ0v) is 12.4. The standard InChI is InChI=1S/C18H16F2N2O/c19-17(20)12-4-1-3-11(9-12)13-5-2-6-14-16(13)22-18(7-8-18)10-15(23)21-14/h1-6,9,17,22H,7-8,10H2,(H,21,23). The largest absolute Gasteiger partial charge is 0.377 e. The van der Waals surface area contributed by atoms with Gasteiger partial charge in [0.15, 0.2) is 0 Å². The second kappa shape index (κ2) is 5.05. The van der Waals surface area contributed by atoms with Gasteiger partial charge in [0.05, 0.1) is 11.4 Å². The van der Waals surface area contributed by atoms with Gasteiger partial charge in [0.25, 0.3) is 6.43 Å². The predicted octanol–water partition coefficient (Wildman–Crippen LogP) is 4.58. The van der Waals surface area contributed by atoms with E-state index >= 15 is 0 Å². The van der Waals surface area contributed by atoms with Gasteiger partial charge in [-0.3, -0.25) is 4.79 Å². The molecule has 2 aliphatic rings. The first-order chi connectivity index (χ1) is 11.1. The highest BCUT2D eigenvalue weighted by molar-refractivity contribution is 6.01. The Balaban J connectivity index is 1.83. The van der Waals surface area contributed by atoms with Crippen molar-refractivity contribution in [2.75, 3.05) is 10.6 Å². The summed E-state index contributed by atoms with van der Waals surface area (Å²) >= 11 is 0. The summed E-state index contributed by atoms with van der Waals surface area (Å²) < 4.78 is 26.0. The van der Waals surface area contributed by atoms with Crippen LogP contribution in [0.2, 0.25) is 0 Å². The fourth-order valence-electron chi connectivity index (χ4n) is 3.14. The normalized spacial score (nSPS) is 18.1. The van der Waals surface area contributed by atoms with E-state index in [4.69, 9.17) is 0 Å². The number of halogens is 2. The fraction of sp³-hybridized carbons (Fsp3) is 0.278. The maximum absolute atomic E-state index is 13.0. The van der Waals surface area contributed by atoms with Crippen LogP contribution >= 0.6 is 0 Å². The SMILES string of the molecule is O=C1CC2(CC2)Nc2c(cccc2-c2cccc(C(F)F)c2)N1. The molecule has 0 unspecified atom stereocenters. The molecule has 4 rings (SSSR count). The number of nitrogens with one attached hydrogen (secondary N) is 2. The van der Waals surface area contributed by atoms with E-state index in [2.05, 4.69) is 10.6 Å². The molecule has 2 aromatic rings. The molecule has 1 amide bonds. The van der Waals surface area contributed by atoms with Gasteiger partial charge in [-0.05, 0) is 30.5 Å². The number of alkyl halides is 2. The Bertz CT molecular complexity index is 784. The lowest BCUT2D eigenvalue weighted by Crippen LogP contribution is -2.24. The van der Waals surface area contributed by atoms with Crippen molar-refractivity contribution in [1.29, 1.82) is 0 Å². The monoisotopic (exact) mass is 314 g/mol. The highest BCUT2D eigenvalue weighted by atomic mass is 19.3. The number of anilines is 2. The molecule has 1 saturated carbocycles. The lowest BCUT2D eigenvalue weighted by molar-refractivity contribution is -0.116. The molecule has 118 valence electrons. The highest BCUT2D eigenvalue weighted by Gasteiger charge is 2.46. The number of fused-ring (bicyclic) bond motifs is 1. The van der Waals surface area contributed by atoms with E-state index in [9.17, 15) is 13.6 Å². The molecule has 0 bridgehead atoms. The minimum atomic E-state index is -2.50. The van der Waals surface area contributed by atoms with Crippen molar-refractivity contribution in [3.8, 4) is 11.1 Å². The van der Waals surface area contributed by atoms with Gasteiger partial charge in [0.1, 0.15) is 0 Å². The third-order valence-corrected chi connectivity index (χ3v) is 4.53. The third kappa shape index (κ3) is 2.56. The van der Waals surface area contributed by atoms with Gasteiger partial charge < -0.3 is 10.6 Å². The Morgan fingerprint density at radius 1 is 1.09 bits per heavy atom. The van der Waals surface area contributed by atoms with Crippen molar-refractivity contribution in [2.45, 2.75) is 31.2 Å². The minimum absolute atomic E-state index is 0.00102. The van der Waals surface area contributed by atoms with E-state index in [1.54, 1.807) is 6.07 Å². The summed E-state index contributed by atoms with van der Waals surface area (Å²) in [6.45, 7) is 0. The van der Waals surface area contributed by atoms with Crippen molar-refractivity contribution in [2.24, 2.45) is 0 Å². The molecule has 3 nitrogen and oxygen atoms in total. The number of carbonyl (C=O) groups is 1. The predicted molar refractivity (Wildman–Crippen MR) is 85.7 cm³/mol. The molecule has 2 N–H and O–H groups in total. The number of benzene rings is 2. The van der Waals surface area contributed by atoms with Crippen LogP contribution in [0.25, 0.3) is 11.1 Å². The van der Waals surface area contributed by atoms with Crippen LogP contribution < -0.4 is 10.6 Å². The molecule has 0 saturated heterocycles. The van der Waals surface area contributed by atoms with Crippen LogP contribution in [0, 0.1) is 0 Å². The van der Waals surface area contributed by atoms with Crippen molar-refractivity contribution in [3.05, 3.63) is 48.0 Å². The number of para-hydroxylation sites is 1. The van der Waals surface area contributed by atoms with E-state index in [1.165, 1.54) is 12.1 Å². The van der Waals surface area contributed by atoms with Crippen LogP contribution in [0.5, 0.6) is 0 Å². The molecule has 5 heteroatoms. The quantitative estimate of drug-likeness (QED) is 0.852. The molecule has 2 aromatic carbocycles. The zero-order chi connectivity index (χ0) is 16.0. The van der Waals surface area contributed by atoms with Crippen molar-refractivity contribution >= 4 is 17.3 Å². The molecule has 1 aliphatic carbocycles. The molecule has 1 aliphatic heterocycles. The van der Waals surface area contributed by atoms with Crippen LogP contribution in [0.15, 0.2) is 42.5 Å². The van der Waals surface area contributed by atoms with Gasteiger partial charge >= 0.3 is 0 Å². The number of carbonyl (C=O) groups excluding carboxylic acids is 1. The lowest BCUT2D eigenvalue weighted by atomic mass is 10.00. The zero-order valence-electron chi connectivity index (χ0n) is 12.4. The first-order valence-electron chi connectivity index (χ1n) is 7.66. The second-order valence-electron chi connectivity index (χ2n) is 6.28. The average molecular weight is 314 g/mol. The summed E-state index contributed by atoms with van der Waals surface area (Å²) in [7, 11) is 0. The first-order valence-corrected chi connectivity index (χ1v) is 7.66. The topological polar surface area (TPSA) is 41.1 Å². The Kier molecular flexibility index (Phi) is 3.11. The fourth-order valence-corrected chi connectivity index (χ4v) is 3.14. The molecule has 1 heterocycles. The van der Waals surface area contributed by atoms with Gasteiger partial charge in [-0.2, -0.15) is 0 Å². The van der Waals surface area contributed by atoms with Crippen LogP contribution in [0.3, 0.4) is 0 Å². The smallest absolute Gasteiger partial charge is 0.263 e. The summed E-state index contributed by atoms with van der Waals surface area (Å²) in [5.41, 5.74) is 2.91.